The Morgan fingerprint density at radius 2 is 1.89 bits per heavy atom. The molecule has 1 saturated heterocycles. The first kappa shape index (κ1) is 19.1. The molecule has 2 heterocycles. The molecule has 152 valence electrons. The summed E-state index contributed by atoms with van der Waals surface area (Å²) in [6.45, 7) is 3.99. The number of nitrogens with zero attached hydrogens (tertiary/aromatic N) is 1. The van der Waals surface area contributed by atoms with Crippen molar-refractivity contribution >= 4 is 17.6 Å². The summed E-state index contributed by atoms with van der Waals surface area (Å²) in [6.07, 6.45) is 5.52. The second-order valence-corrected chi connectivity index (χ2v) is 7.83. The number of ether oxygens (including phenoxy) is 3. The largest absolute Gasteiger partial charge is 0.466 e. The molecule has 2 fully saturated rings. The molecular weight excluding hydrogens is 360 g/mol. The van der Waals surface area contributed by atoms with E-state index in [0.717, 1.165) is 57.4 Å². The van der Waals surface area contributed by atoms with Crippen LogP contribution in [0, 0.1) is 5.92 Å². The van der Waals surface area contributed by atoms with Gasteiger partial charge in [-0.25, -0.2) is 0 Å². The molecule has 2 aliphatic heterocycles. The zero-order chi connectivity index (χ0) is 19.6. The number of fused-ring (bicyclic) bond motifs is 1. The van der Waals surface area contributed by atoms with Gasteiger partial charge in [-0.15, -0.1) is 0 Å². The molecule has 3 aliphatic rings. The van der Waals surface area contributed by atoms with E-state index in [1.807, 2.05) is 25.1 Å². The number of anilines is 1. The molecule has 1 amide bonds. The van der Waals surface area contributed by atoms with Crippen LogP contribution >= 0.6 is 0 Å². The lowest BCUT2D eigenvalue weighted by molar-refractivity contribution is -0.149. The van der Waals surface area contributed by atoms with Crippen LogP contribution < -0.4 is 14.8 Å². The number of carbonyl (C=O) groups is 2. The Balaban J connectivity index is 1.27. The van der Waals surface area contributed by atoms with E-state index in [4.69, 9.17) is 14.2 Å². The van der Waals surface area contributed by atoms with Crippen LogP contribution in [0.4, 0.5) is 5.69 Å². The third kappa shape index (κ3) is 4.09. The summed E-state index contributed by atoms with van der Waals surface area (Å²) in [6, 6.07) is 5.55. The Labute approximate surface area is 165 Å². The van der Waals surface area contributed by atoms with Crippen molar-refractivity contribution < 1.29 is 23.8 Å². The van der Waals surface area contributed by atoms with E-state index >= 15 is 0 Å². The van der Waals surface area contributed by atoms with Crippen molar-refractivity contribution in [2.45, 2.75) is 51.2 Å². The molecule has 7 nitrogen and oxygen atoms in total. The van der Waals surface area contributed by atoms with Crippen LogP contribution in [0.25, 0.3) is 0 Å². The SMILES string of the molecule is CCOC(=O)C1CCN(CC(=O)Nc2ccc3c(c2)OC2(CCCC2)O3)CC1. The van der Waals surface area contributed by atoms with E-state index in [1.165, 1.54) is 0 Å². The number of benzene rings is 1. The Morgan fingerprint density at radius 3 is 2.61 bits per heavy atom. The Morgan fingerprint density at radius 1 is 1.18 bits per heavy atom. The quantitative estimate of drug-likeness (QED) is 0.782. The van der Waals surface area contributed by atoms with Crippen molar-refractivity contribution in [1.29, 1.82) is 0 Å². The number of piperidine rings is 1. The maximum Gasteiger partial charge on any atom is 0.309 e. The predicted octanol–water partition coefficient (Wildman–Crippen LogP) is 2.94. The molecule has 0 unspecified atom stereocenters. The summed E-state index contributed by atoms with van der Waals surface area (Å²) in [5.41, 5.74) is 0.712. The number of rotatable bonds is 5. The van der Waals surface area contributed by atoms with E-state index in [9.17, 15) is 9.59 Å². The van der Waals surface area contributed by atoms with Gasteiger partial charge in [0.2, 0.25) is 5.91 Å². The summed E-state index contributed by atoms with van der Waals surface area (Å²) in [4.78, 5) is 26.3. The summed E-state index contributed by atoms with van der Waals surface area (Å²) in [5, 5.41) is 2.94. The number of nitrogens with one attached hydrogen (secondary N) is 1. The Hall–Kier alpha value is -2.28. The summed E-state index contributed by atoms with van der Waals surface area (Å²) < 4.78 is 17.1. The summed E-state index contributed by atoms with van der Waals surface area (Å²) in [7, 11) is 0. The molecule has 0 atom stereocenters. The molecule has 1 saturated carbocycles. The van der Waals surface area contributed by atoms with Gasteiger partial charge < -0.3 is 19.5 Å². The van der Waals surface area contributed by atoms with Gasteiger partial charge in [0, 0.05) is 24.6 Å². The number of amides is 1. The first-order chi connectivity index (χ1) is 13.6. The van der Waals surface area contributed by atoms with E-state index < -0.39 is 5.79 Å². The fraction of sp³-hybridized carbons (Fsp3) is 0.619. The van der Waals surface area contributed by atoms with Crippen LogP contribution in [0.2, 0.25) is 0 Å². The number of hydrogen-bond acceptors (Lipinski definition) is 6. The molecule has 28 heavy (non-hydrogen) atoms. The zero-order valence-electron chi connectivity index (χ0n) is 16.4. The minimum absolute atomic E-state index is 0.0453. The topological polar surface area (TPSA) is 77.1 Å². The second kappa shape index (κ2) is 7.99. The number of carbonyl (C=O) groups excluding carboxylic acids is 2. The standard InChI is InChI=1S/C21H28N2O5/c1-2-26-20(25)15-7-11-23(12-8-15)14-19(24)22-16-5-6-17-18(13-16)28-21(27-17)9-3-4-10-21/h5-6,13,15H,2-4,7-12,14H2,1H3,(H,22,24). The number of likely N-dealkylation sites (tertiary alicyclic amines) is 1. The van der Waals surface area contributed by atoms with Crippen LogP contribution in [0.5, 0.6) is 11.5 Å². The van der Waals surface area contributed by atoms with Crippen molar-refractivity contribution in [3.05, 3.63) is 18.2 Å². The predicted molar refractivity (Wildman–Crippen MR) is 103 cm³/mol. The highest BCUT2D eigenvalue weighted by Gasteiger charge is 2.44. The Kier molecular flexibility index (Phi) is 5.44. The van der Waals surface area contributed by atoms with Gasteiger partial charge in [0.15, 0.2) is 11.5 Å². The van der Waals surface area contributed by atoms with Gasteiger partial charge in [-0.3, -0.25) is 14.5 Å². The summed E-state index contributed by atoms with van der Waals surface area (Å²) >= 11 is 0. The smallest absolute Gasteiger partial charge is 0.309 e. The first-order valence-corrected chi connectivity index (χ1v) is 10.3. The maximum atomic E-state index is 12.4. The van der Waals surface area contributed by atoms with Gasteiger partial charge in [0.1, 0.15) is 0 Å². The minimum Gasteiger partial charge on any atom is -0.466 e. The van der Waals surface area contributed by atoms with Gasteiger partial charge in [-0.05, 0) is 57.8 Å². The van der Waals surface area contributed by atoms with Gasteiger partial charge in [0.05, 0.1) is 19.1 Å². The molecular formula is C21H28N2O5. The highest BCUT2D eigenvalue weighted by atomic mass is 16.7. The van der Waals surface area contributed by atoms with Crippen LogP contribution in [-0.4, -0.2) is 48.8 Å². The van der Waals surface area contributed by atoms with Crippen LogP contribution in [0.3, 0.4) is 0 Å². The van der Waals surface area contributed by atoms with E-state index in [2.05, 4.69) is 10.2 Å². The third-order valence-corrected chi connectivity index (χ3v) is 5.76. The fourth-order valence-electron chi connectivity index (χ4n) is 4.28. The van der Waals surface area contributed by atoms with Crippen LogP contribution in [0.15, 0.2) is 18.2 Å². The third-order valence-electron chi connectivity index (χ3n) is 5.76. The normalized spacial score (nSPS) is 21.0. The molecule has 1 aromatic rings. The highest BCUT2D eigenvalue weighted by molar-refractivity contribution is 5.92. The molecule has 4 rings (SSSR count). The number of hydrogen-bond donors (Lipinski definition) is 1. The van der Waals surface area contributed by atoms with Crippen LogP contribution in [-0.2, 0) is 14.3 Å². The molecule has 0 bridgehead atoms. The molecule has 0 radical (unpaired) electrons. The first-order valence-electron chi connectivity index (χ1n) is 10.3. The van der Waals surface area contributed by atoms with Crippen molar-refractivity contribution in [2.24, 2.45) is 5.92 Å². The number of esters is 1. The maximum absolute atomic E-state index is 12.4. The van der Waals surface area contributed by atoms with E-state index in [0.29, 0.717) is 24.6 Å². The van der Waals surface area contributed by atoms with Gasteiger partial charge in [-0.1, -0.05) is 0 Å². The molecule has 1 N–H and O–H groups in total. The Bertz CT molecular complexity index is 736. The van der Waals surface area contributed by atoms with Crippen molar-refractivity contribution in [3.8, 4) is 11.5 Å². The average Bonchev–Trinajstić information content (AvgIpc) is 3.28. The molecule has 1 spiro atoms. The van der Waals surface area contributed by atoms with E-state index in [-0.39, 0.29) is 17.8 Å². The van der Waals surface area contributed by atoms with Crippen molar-refractivity contribution in [3.63, 3.8) is 0 Å². The van der Waals surface area contributed by atoms with Crippen molar-refractivity contribution in [1.82, 2.24) is 4.90 Å². The zero-order valence-corrected chi connectivity index (χ0v) is 16.4. The molecule has 0 aromatic heterocycles. The molecule has 7 heteroatoms. The van der Waals surface area contributed by atoms with Gasteiger partial charge >= 0.3 is 5.97 Å². The fourth-order valence-corrected chi connectivity index (χ4v) is 4.28. The lowest BCUT2D eigenvalue weighted by atomic mass is 9.97. The summed E-state index contributed by atoms with van der Waals surface area (Å²) in [5.74, 6) is 0.733. The van der Waals surface area contributed by atoms with Crippen molar-refractivity contribution in [2.75, 3.05) is 31.6 Å². The highest BCUT2D eigenvalue weighted by Crippen LogP contribution is 2.47. The monoisotopic (exact) mass is 388 g/mol. The minimum atomic E-state index is -0.492. The second-order valence-electron chi connectivity index (χ2n) is 7.83. The van der Waals surface area contributed by atoms with Gasteiger partial charge in [0.25, 0.3) is 5.79 Å². The lowest BCUT2D eigenvalue weighted by Gasteiger charge is -2.30. The molecule has 1 aromatic carbocycles. The van der Waals surface area contributed by atoms with Crippen LogP contribution in [0.1, 0.15) is 45.4 Å². The molecule has 1 aliphatic carbocycles. The van der Waals surface area contributed by atoms with E-state index in [1.54, 1.807) is 0 Å². The van der Waals surface area contributed by atoms with Gasteiger partial charge in [-0.2, -0.15) is 0 Å². The average molecular weight is 388 g/mol. The lowest BCUT2D eigenvalue weighted by Crippen LogP contribution is -2.41.